The highest BCUT2D eigenvalue weighted by atomic mass is 79.9. The van der Waals surface area contributed by atoms with E-state index in [1.807, 2.05) is 38.1 Å². The molecule has 3 aromatic rings. The lowest BCUT2D eigenvalue weighted by Gasteiger charge is -2.13. The molecule has 0 aliphatic carbocycles. The Labute approximate surface area is 154 Å². The molecule has 0 radical (unpaired) electrons. The van der Waals surface area contributed by atoms with Gasteiger partial charge in [-0.05, 0) is 37.1 Å². The molecule has 0 bridgehead atoms. The molecule has 128 valence electrons. The van der Waals surface area contributed by atoms with Gasteiger partial charge in [0.1, 0.15) is 12.4 Å². The lowest BCUT2D eigenvalue weighted by atomic mass is 10.0. The standard InChI is InChI=1S/C20H17BrFNO2/c1-3-17-12(2)19(15-6-4-5-7-18(15)23-17)20(24)25-11-13-8-9-14(21)10-16(13)22/h4-10H,3,11H2,1-2H3. The average Bonchev–Trinajstić information content (AvgIpc) is 2.60. The fraction of sp³-hybridized carbons (Fsp3) is 0.200. The summed E-state index contributed by atoms with van der Waals surface area (Å²) in [5, 5.41) is 0.749. The van der Waals surface area contributed by atoms with E-state index in [2.05, 4.69) is 20.9 Å². The maximum absolute atomic E-state index is 13.9. The molecule has 0 spiro atoms. The number of halogens is 2. The van der Waals surface area contributed by atoms with E-state index in [4.69, 9.17) is 4.74 Å². The molecular formula is C20H17BrFNO2. The Balaban J connectivity index is 1.95. The zero-order chi connectivity index (χ0) is 18.0. The van der Waals surface area contributed by atoms with Crippen LogP contribution in [0.4, 0.5) is 4.39 Å². The van der Waals surface area contributed by atoms with Gasteiger partial charge >= 0.3 is 5.97 Å². The highest BCUT2D eigenvalue weighted by Crippen LogP contribution is 2.25. The second kappa shape index (κ2) is 7.31. The van der Waals surface area contributed by atoms with Gasteiger partial charge in [-0.2, -0.15) is 0 Å². The van der Waals surface area contributed by atoms with Crippen molar-refractivity contribution in [2.24, 2.45) is 0 Å². The Morgan fingerprint density at radius 2 is 2.00 bits per heavy atom. The second-order valence-electron chi connectivity index (χ2n) is 5.74. The van der Waals surface area contributed by atoms with E-state index in [9.17, 15) is 9.18 Å². The predicted molar refractivity (Wildman–Crippen MR) is 99.1 cm³/mol. The van der Waals surface area contributed by atoms with Crippen LogP contribution in [0.15, 0.2) is 46.9 Å². The summed E-state index contributed by atoms with van der Waals surface area (Å²) in [4.78, 5) is 17.3. The van der Waals surface area contributed by atoms with Gasteiger partial charge in [0.05, 0.1) is 11.1 Å². The second-order valence-corrected chi connectivity index (χ2v) is 6.66. The Hall–Kier alpha value is -2.27. The quantitative estimate of drug-likeness (QED) is 0.552. The van der Waals surface area contributed by atoms with E-state index >= 15 is 0 Å². The molecule has 2 aromatic carbocycles. The Kier molecular flexibility index (Phi) is 5.13. The van der Waals surface area contributed by atoms with E-state index in [0.717, 1.165) is 28.6 Å². The fourth-order valence-electron chi connectivity index (χ4n) is 2.82. The number of esters is 1. The third-order valence-electron chi connectivity index (χ3n) is 4.15. The first-order valence-corrected chi connectivity index (χ1v) is 8.79. The van der Waals surface area contributed by atoms with E-state index in [1.54, 1.807) is 12.1 Å². The van der Waals surface area contributed by atoms with Gasteiger partial charge in [0, 0.05) is 21.1 Å². The molecule has 25 heavy (non-hydrogen) atoms. The van der Waals surface area contributed by atoms with Crippen molar-refractivity contribution in [3.63, 3.8) is 0 Å². The largest absolute Gasteiger partial charge is 0.457 e. The third kappa shape index (κ3) is 3.56. The number of hydrogen-bond acceptors (Lipinski definition) is 3. The van der Waals surface area contributed by atoms with Crippen molar-refractivity contribution in [3.8, 4) is 0 Å². The monoisotopic (exact) mass is 401 g/mol. The first kappa shape index (κ1) is 17.5. The van der Waals surface area contributed by atoms with Crippen LogP contribution in [0, 0.1) is 12.7 Å². The normalized spacial score (nSPS) is 10.9. The number of carbonyl (C=O) groups excluding carboxylic acids is 1. The van der Waals surface area contributed by atoms with Gasteiger partial charge in [0.2, 0.25) is 0 Å². The number of rotatable bonds is 4. The number of carbonyl (C=O) groups is 1. The van der Waals surface area contributed by atoms with Crippen LogP contribution < -0.4 is 0 Å². The third-order valence-corrected chi connectivity index (χ3v) is 4.64. The summed E-state index contributed by atoms with van der Waals surface area (Å²) in [6.07, 6.45) is 0.721. The minimum absolute atomic E-state index is 0.116. The summed E-state index contributed by atoms with van der Waals surface area (Å²) >= 11 is 3.21. The van der Waals surface area contributed by atoms with Gasteiger partial charge < -0.3 is 4.74 Å². The predicted octanol–water partition coefficient (Wildman–Crippen LogP) is 5.36. The number of aromatic nitrogens is 1. The zero-order valence-electron chi connectivity index (χ0n) is 14.0. The molecule has 3 rings (SSSR count). The van der Waals surface area contributed by atoms with E-state index in [0.29, 0.717) is 15.6 Å². The van der Waals surface area contributed by atoms with Crippen molar-refractivity contribution >= 4 is 32.8 Å². The van der Waals surface area contributed by atoms with Crippen molar-refractivity contribution in [2.75, 3.05) is 0 Å². The highest BCUT2D eigenvalue weighted by molar-refractivity contribution is 9.10. The Morgan fingerprint density at radius 1 is 1.24 bits per heavy atom. The topological polar surface area (TPSA) is 39.2 Å². The maximum Gasteiger partial charge on any atom is 0.339 e. The summed E-state index contributed by atoms with van der Waals surface area (Å²) < 4.78 is 20.0. The number of para-hydroxylation sites is 1. The number of benzene rings is 2. The van der Waals surface area contributed by atoms with Crippen LogP contribution in [0.3, 0.4) is 0 Å². The molecule has 1 aromatic heterocycles. The van der Waals surface area contributed by atoms with Crippen LogP contribution in [0.5, 0.6) is 0 Å². The van der Waals surface area contributed by atoms with Crippen molar-refractivity contribution in [1.82, 2.24) is 4.98 Å². The molecule has 0 saturated heterocycles. The van der Waals surface area contributed by atoms with Crippen LogP contribution in [0.1, 0.15) is 34.1 Å². The molecule has 0 fully saturated rings. The summed E-state index contributed by atoms with van der Waals surface area (Å²) in [5.41, 5.74) is 3.26. The lowest BCUT2D eigenvalue weighted by molar-refractivity contribution is 0.0470. The van der Waals surface area contributed by atoms with E-state index in [1.165, 1.54) is 6.07 Å². The number of pyridine rings is 1. The maximum atomic E-state index is 13.9. The minimum atomic E-state index is -0.465. The number of nitrogens with zero attached hydrogens (tertiary/aromatic N) is 1. The van der Waals surface area contributed by atoms with Crippen molar-refractivity contribution in [1.29, 1.82) is 0 Å². The van der Waals surface area contributed by atoms with E-state index < -0.39 is 11.8 Å². The SMILES string of the molecule is CCc1nc2ccccc2c(C(=O)OCc2ccc(Br)cc2F)c1C. The molecule has 1 heterocycles. The molecule has 5 heteroatoms. The van der Waals surface area contributed by atoms with Gasteiger partial charge in [0.25, 0.3) is 0 Å². The van der Waals surface area contributed by atoms with Gasteiger partial charge in [0.15, 0.2) is 0 Å². The first-order valence-electron chi connectivity index (χ1n) is 8.00. The van der Waals surface area contributed by atoms with Crippen LogP contribution in [-0.4, -0.2) is 11.0 Å². The number of fused-ring (bicyclic) bond motifs is 1. The lowest BCUT2D eigenvalue weighted by Crippen LogP contribution is -2.11. The number of aryl methyl sites for hydroxylation is 1. The summed E-state index contributed by atoms with van der Waals surface area (Å²) in [6, 6.07) is 12.1. The molecule has 0 N–H and O–H groups in total. The molecule has 0 unspecified atom stereocenters. The minimum Gasteiger partial charge on any atom is -0.457 e. The van der Waals surface area contributed by atoms with Crippen LogP contribution in [0.2, 0.25) is 0 Å². The van der Waals surface area contributed by atoms with Gasteiger partial charge in [-0.25, -0.2) is 9.18 Å². The molecule has 0 aliphatic heterocycles. The fourth-order valence-corrected chi connectivity index (χ4v) is 3.15. The number of ether oxygens (including phenoxy) is 1. The van der Waals surface area contributed by atoms with Gasteiger partial charge in [-0.15, -0.1) is 0 Å². The van der Waals surface area contributed by atoms with Crippen molar-refractivity contribution in [3.05, 3.63) is 75.1 Å². The van der Waals surface area contributed by atoms with Crippen LogP contribution in [0.25, 0.3) is 10.9 Å². The zero-order valence-corrected chi connectivity index (χ0v) is 15.6. The molecule has 0 amide bonds. The van der Waals surface area contributed by atoms with Gasteiger partial charge in [-0.1, -0.05) is 47.1 Å². The molecule has 0 saturated carbocycles. The average molecular weight is 402 g/mol. The van der Waals surface area contributed by atoms with E-state index in [-0.39, 0.29) is 6.61 Å². The Morgan fingerprint density at radius 3 is 2.72 bits per heavy atom. The Bertz CT molecular complexity index is 956. The smallest absolute Gasteiger partial charge is 0.339 e. The van der Waals surface area contributed by atoms with Crippen LogP contribution >= 0.6 is 15.9 Å². The van der Waals surface area contributed by atoms with Crippen LogP contribution in [-0.2, 0) is 17.8 Å². The summed E-state index contributed by atoms with van der Waals surface area (Å²) in [6.45, 7) is 3.75. The highest BCUT2D eigenvalue weighted by Gasteiger charge is 2.19. The van der Waals surface area contributed by atoms with Crippen molar-refractivity contribution in [2.45, 2.75) is 26.9 Å². The van der Waals surface area contributed by atoms with Gasteiger partial charge in [-0.3, -0.25) is 4.98 Å². The number of hydrogen-bond donors (Lipinski definition) is 0. The first-order chi connectivity index (χ1) is 12.0. The molecule has 0 aliphatic rings. The van der Waals surface area contributed by atoms with Crippen molar-refractivity contribution < 1.29 is 13.9 Å². The summed E-state index contributed by atoms with van der Waals surface area (Å²) in [5.74, 6) is -0.874. The summed E-state index contributed by atoms with van der Waals surface area (Å²) in [7, 11) is 0. The molecule has 3 nitrogen and oxygen atoms in total. The molecule has 0 atom stereocenters. The molecular weight excluding hydrogens is 385 g/mol.